The lowest BCUT2D eigenvalue weighted by molar-refractivity contribution is -0.144. The minimum atomic E-state index is -0.898. The van der Waals surface area contributed by atoms with Crippen LogP contribution in [0, 0.1) is 0 Å². The van der Waals surface area contributed by atoms with Gasteiger partial charge in [-0.25, -0.2) is 0 Å². The molecule has 1 atom stereocenters. The SMILES string of the molecule is Cn1nccc1C1(C(=O)O)CCOC1. The number of nitrogens with zero attached hydrogens (tertiary/aromatic N) is 2. The fourth-order valence-corrected chi connectivity index (χ4v) is 1.89. The van der Waals surface area contributed by atoms with Crippen molar-refractivity contribution >= 4 is 5.97 Å². The van der Waals surface area contributed by atoms with Gasteiger partial charge in [0.05, 0.1) is 12.3 Å². The van der Waals surface area contributed by atoms with E-state index in [9.17, 15) is 9.90 Å². The van der Waals surface area contributed by atoms with E-state index in [1.165, 1.54) is 0 Å². The Balaban J connectivity index is 2.46. The Bertz CT molecular complexity index is 353. The second kappa shape index (κ2) is 3.09. The lowest BCUT2D eigenvalue weighted by atomic mass is 9.84. The van der Waals surface area contributed by atoms with Gasteiger partial charge < -0.3 is 9.84 Å². The van der Waals surface area contributed by atoms with Crippen LogP contribution in [-0.4, -0.2) is 34.1 Å². The molecule has 5 nitrogen and oxygen atoms in total. The number of ether oxygens (including phenoxy) is 1. The van der Waals surface area contributed by atoms with Crippen LogP contribution in [0.25, 0.3) is 0 Å². The van der Waals surface area contributed by atoms with Gasteiger partial charge in [0.2, 0.25) is 0 Å². The average Bonchev–Trinajstić information content (AvgIpc) is 2.72. The van der Waals surface area contributed by atoms with Crippen molar-refractivity contribution in [3.8, 4) is 0 Å². The van der Waals surface area contributed by atoms with Crippen molar-refractivity contribution in [2.24, 2.45) is 7.05 Å². The van der Waals surface area contributed by atoms with Crippen molar-refractivity contribution in [3.63, 3.8) is 0 Å². The first kappa shape index (κ1) is 9.21. The zero-order valence-electron chi connectivity index (χ0n) is 7.93. The number of carboxylic acids is 1. The second-order valence-electron chi connectivity index (χ2n) is 3.53. The van der Waals surface area contributed by atoms with E-state index in [1.807, 2.05) is 0 Å². The van der Waals surface area contributed by atoms with E-state index in [4.69, 9.17) is 4.74 Å². The fourth-order valence-electron chi connectivity index (χ4n) is 1.89. The zero-order chi connectivity index (χ0) is 10.2. The molecule has 14 heavy (non-hydrogen) atoms. The molecule has 1 unspecified atom stereocenters. The number of carbonyl (C=O) groups is 1. The summed E-state index contributed by atoms with van der Waals surface area (Å²) < 4.78 is 6.78. The summed E-state index contributed by atoms with van der Waals surface area (Å²) in [6, 6.07) is 1.74. The normalized spacial score (nSPS) is 26.6. The summed E-state index contributed by atoms with van der Waals surface area (Å²) in [6.07, 6.45) is 2.13. The van der Waals surface area contributed by atoms with Gasteiger partial charge in [-0.1, -0.05) is 0 Å². The van der Waals surface area contributed by atoms with Gasteiger partial charge in [-0.2, -0.15) is 5.10 Å². The molecule has 1 aromatic rings. The van der Waals surface area contributed by atoms with Gasteiger partial charge in [-0.05, 0) is 12.5 Å². The summed E-state index contributed by atoms with van der Waals surface area (Å²) in [6.45, 7) is 0.735. The van der Waals surface area contributed by atoms with Crippen LogP contribution >= 0.6 is 0 Å². The molecule has 1 aliphatic rings. The van der Waals surface area contributed by atoms with Crippen LogP contribution in [-0.2, 0) is 22.0 Å². The van der Waals surface area contributed by atoms with Gasteiger partial charge in [0.1, 0.15) is 5.41 Å². The van der Waals surface area contributed by atoms with E-state index in [0.29, 0.717) is 18.7 Å². The molecule has 5 heteroatoms. The number of hydrogen-bond acceptors (Lipinski definition) is 3. The number of aromatic nitrogens is 2. The molecule has 76 valence electrons. The smallest absolute Gasteiger partial charge is 0.318 e. The predicted molar refractivity (Wildman–Crippen MR) is 48.0 cm³/mol. The monoisotopic (exact) mass is 196 g/mol. The molecule has 2 heterocycles. The van der Waals surface area contributed by atoms with E-state index in [0.717, 1.165) is 0 Å². The van der Waals surface area contributed by atoms with Crippen molar-refractivity contribution in [1.29, 1.82) is 0 Å². The molecule has 0 radical (unpaired) electrons. The average molecular weight is 196 g/mol. The largest absolute Gasteiger partial charge is 0.480 e. The Kier molecular flexibility index (Phi) is 2.03. The molecule has 0 amide bonds. The van der Waals surface area contributed by atoms with Crippen molar-refractivity contribution in [2.45, 2.75) is 11.8 Å². The maximum atomic E-state index is 11.3. The third-order valence-electron chi connectivity index (χ3n) is 2.74. The van der Waals surface area contributed by atoms with Crippen LogP contribution in [0.1, 0.15) is 12.1 Å². The zero-order valence-corrected chi connectivity index (χ0v) is 7.93. The molecular formula is C9H12N2O3. The van der Waals surface area contributed by atoms with Crippen molar-refractivity contribution < 1.29 is 14.6 Å². The number of hydrogen-bond donors (Lipinski definition) is 1. The van der Waals surface area contributed by atoms with Crippen molar-refractivity contribution in [1.82, 2.24) is 9.78 Å². The standard InChI is InChI=1S/C9H12N2O3/c1-11-7(2-4-10-11)9(8(12)13)3-5-14-6-9/h2,4H,3,5-6H2,1H3,(H,12,13). The molecule has 0 spiro atoms. The van der Waals surface area contributed by atoms with E-state index in [-0.39, 0.29) is 6.61 Å². The Morgan fingerprint density at radius 1 is 1.79 bits per heavy atom. The van der Waals surface area contributed by atoms with Gasteiger partial charge in [0.15, 0.2) is 0 Å². The maximum Gasteiger partial charge on any atom is 0.318 e. The number of rotatable bonds is 2. The molecule has 0 bridgehead atoms. The lowest BCUT2D eigenvalue weighted by Gasteiger charge is -2.21. The van der Waals surface area contributed by atoms with Crippen molar-refractivity contribution in [3.05, 3.63) is 18.0 Å². The summed E-state index contributed by atoms with van der Waals surface area (Å²) in [4.78, 5) is 11.3. The topological polar surface area (TPSA) is 64.4 Å². The molecule has 1 fully saturated rings. The number of aryl methyl sites for hydroxylation is 1. The van der Waals surface area contributed by atoms with Crippen LogP contribution in [0.2, 0.25) is 0 Å². The molecule has 1 saturated heterocycles. The van der Waals surface area contributed by atoms with Gasteiger partial charge in [0.25, 0.3) is 0 Å². The predicted octanol–water partition coefficient (Wildman–Crippen LogP) is 0.163. The molecule has 0 aliphatic carbocycles. The van der Waals surface area contributed by atoms with E-state index >= 15 is 0 Å². The minimum Gasteiger partial charge on any atom is -0.480 e. The van der Waals surface area contributed by atoms with Gasteiger partial charge in [-0.3, -0.25) is 9.48 Å². The van der Waals surface area contributed by atoms with E-state index < -0.39 is 11.4 Å². The van der Waals surface area contributed by atoms with E-state index in [1.54, 1.807) is 24.0 Å². The summed E-state index contributed by atoms with van der Waals surface area (Å²) in [7, 11) is 1.75. The van der Waals surface area contributed by atoms with Gasteiger partial charge >= 0.3 is 5.97 Å². The van der Waals surface area contributed by atoms with Crippen LogP contribution in [0.3, 0.4) is 0 Å². The van der Waals surface area contributed by atoms with Crippen LogP contribution in [0.5, 0.6) is 0 Å². The fraction of sp³-hybridized carbons (Fsp3) is 0.556. The van der Waals surface area contributed by atoms with Gasteiger partial charge in [-0.15, -0.1) is 0 Å². The van der Waals surface area contributed by atoms with Gasteiger partial charge in [0, 0.05) is 19.9 Å². The quantitative estimate of drug-likeness (QED) is 0.732. The maximum absolute atomic E-state index is 11.3. The first-order valence-corrected chi connectivity index (χ1v) is 4.46. The molecule has 0 aromatic carbocycles. The van der Waals surface area contributed by atoms with Crippen molar-refractivity contribution in [2.75, 3.05) is 13.2 Å². The summed E-state index contributed by atoms with van der Waals surface area (Å²) in [5, 5.41) is 13.2. The Morgan fingerprint density at radius 2 is 2.57 bits per heavy atom. The lowest BCUT2D eigenvalue weighted by Crippen LogP contribution is -2.38. The Labute approximate surface area is 81.3 Å². The first-order chi connectivity index (χ1) is 6.67. The highest BCUT2D eigenvalue weighted by Crippen LogP contribution is 2.32. The second-order valence-corrected chi connectivity index (χ2v) is 3.53. The molecule has 0 saturated carbocycles. The summed E-state index contributed by atoms with van der Waals surface area (Å²) in [5.74, 6) is -0.835. The molecule has 1 N–H and O–H groups in total. The molecule has 1 aromatic heterocycles. The van der Waals surface area contributed by atoms with Crippen LogP contribution < -0.4 is 0 Å². The van der Waals surface area contributed by atoms with Crippen LogP contribution in [0.15, 0.2) is 12.3 Å². The number of carboxylic acid groups (broad SMARTS) is 1. The van der Waals surface area contributed by atoms with E-state index in [2.05, 4.69) is 5.10 Å². The Hall–Kier alpha value is -1.36. The Morgan fingerprint density at radius 3 is 3.00 bits per heavy atom. The summed E-state index contributed by atoms with van der Waals surface area (Å²) >= 11 is 0. The third kappa shape index (κ3) is 1.13. The third-order valence-corrected chi connectivity index (χ3v) is 2.74. The summed E-state index contributed by atoms with van der Waals surface area (Å²) in [5.41, 5.74) is -0.187. The molecule has 2 rings (SSSR count). The molecule has 1 aliphatic heterocycles. The highest BCUT2D eigenvalue weighted by molar-refractivity contribution is 5.81. The highest BCUT2D eigenvalue weighted by Gasteiger charge is 2.46. The molecular weight excluding hydrogens is 184 g/mol. The highest BCUT2D eigenvalue weighted by atomic mass is 16.5. The minimum absolute atomic E-state index is 0.238. The van der Waals surface area contributed by atoms with Crippen LogP contribution in [0.4, 0.5) is 0 Å². The number of aliphatic carboxylic acids is 1. The first-order valence-electron chi connectivity index (χ1n) is 4.46.